The third kappa shape index (κ3) is 4.94. The van der Waals surface area contributed by atoms with Crippen molar-refractivity contribution < 1.29 is 9.15 Å². The number of rotatable bonds is 8. The molecule has 0 fully saturated rings. The van der Waals surface area contributed by atoms with Crippen molar-refractivity contribution in [2.45, 2.75) is 40.3 Å². The van der Waals surface area contributed by atoms with Gasteiger partial charge in [-0.15, -0.1) is 0 Å². The van der Waals surface area contributed by atoms with E-state index >= 15 is 0 Å². The lowest BCUT2D eigenvalue weighted by Crippen LogP contribution is -2.19. The number of ether oxygens (including phenoxy) is 1. The maximum atomic E-state index is 5.80. The van der Waals surface area contributed by atoms with Crippen LogP contribution in [-0.2, 0) is 19.6 Å². The molecule has 1 aromatic heterocycles. The highest BCUT2D eigenvalue weighted by atomic mass is 16.5. The van der Waals surface area contributed by atoms with Crippen molar-refractivity contribution in [3.63, 3.8) is 0 Å². The molecule has 3 nitrogen and oxygen atoms in total. The third-order valence-electron chi connectivity index (χ3n) is 3.41. The first-order valence-electron chi connectivity index (χ1n) is 7.66. The standard InChI is InChI=1S/C18H25NO2/c1-4-15-5-7-17(8-6-15)21-13-18-16(9-10-20-18)12-19-11-14(2)3/h5-10,14,19H,4,11-13H2,1-3H3. The minimum Gasteiger partial charge on any atom is -0.486 e. The van der Waals surface area contributed by atoms with Crippen LogP contribution in [-0.4, -0.2) is 6.54 Å². The molecule has 0 atom stereocenters. The maximum absolute atomic E-state index is 5.80. The van der Waals surface area contributed by atoms with Gasteiger partial charge in [-0.2, -0.15) is 0 Å². The van der Waals surface area contributed by atoms with E-state index in [1.165, 1.54) is 11.1 Å². The summed E-state index contributed by atoms with van der Waals surface area (Å²) in [7, 11) is 0. The zero-order valence-electron chi connectivity index (χ0n) is 13.2. The van der Waals surface area contributed by atoms with Crippen LogP contribution in [0.5, 0.6) is 5.75 Å². The number of hydrogen-bond donors (Lipinski definition) is 1. The van der Waals surface area contributed by atoms with E-state index < -0.39 is 0 Å². The largest absolute Gasteiger partial charge is 0.486 e. The molecule has 0 unspecified atom stereocenters. The third-order valence-corrected chi connectivity index (χ3v) is 3.41. The Labute approximate surface area is 127 Å². The van der Waals surface area contributed by atoms with Crippen molar-refractivity contribution in [2.24, 2.45) is 5.92 Å². The molecule has 1 N–H and O–H groups in total. The lowest BCUT2D eigenvalue weighted by atomic mass is 10.2. The van der Waals surface area contributed by atoms with E-state index in [2.05, 4.69) is 38.2 Å². The highest BCUT2D eigenvalue weighted by molar-refractivity contribution is 5.27. The molecule has 0 amide bonds. The van der Waals surface area contributed by atoms with E-state index in [0.717, 1.165) is 31.0 Å². The number of nitrogens with one attached hydrogen (secondary N) is 1. The molecule has 0 spiro atoms. The van der Waals surface area contributed by atoms with Crippen LogP contribution in [0.1, 0.15) is 37.7 Å². The van der Waals surface area contributed by atoms with Gasteiger partial charge in [0.15, 0.2) is 0 Å². The Hall–Kier alpha value is -1.74. The molecule has 1 heterocycles. The summed E-state index contributed by atoms with van der Waals surface area (Å²) in [5.41, 5.74) is 2.49. The summed E-state index contributed by atoms with van der Waals surface area (Å²) in [6.07, 6.45) is 2.77. The highest BCUT2D eigenvalue weighted by Gasteiger charge is 2.07. The van der Waals surface area contributed by atoms with Gasteiger partial charge in [0.05, 0.1) is 6.26 Å². The maximum Gasteiger partial charge on any atom is 0.146 e. The van der Waals surface area contributed by atoms with E-state index in [1.807, 2.05) is 18.2 Å². The number of furan rings is 1. The molecule has 0 saturated heterocycles. The summed E-state index contributed by atoms with van der Waals surface area (Å²) >= 11 is 0. The quantitative estimate of drug-likeness (QED) is 0.791. The van der Waals surface area contributed by atoms with Crippen molar-refractivity contribution in [1.29, 1.82) is 0 Å². The van der Waals surface area contributed by atoms with Gasteiger partial charge >= 0.3 is 0 Å². The lowest BCUT2D eigenvalue weighted by molar-refractivity contribution is 0.268. The van der Waals surface area contributed by atoms with Crippen molar-refractivity contribution in [2.75, 3.05) is 6.54 Å². The van der Waals surface area contributed by atoms with Gasteiger partial charge in [0, 0.05) is 12.1 Å². The summed E-state index contributed by atoms with van der Waals surface area (Å²) in [5, 5.41) is 3.43. The molecule has 0 bridgehead atoms. The van der Waals surface area contributed by atoms with Crippen molar-refractivity contribution in [3.05, 3.63) is 53.5 Å². The summed E-state index contributed by atoms with van der Waals surface area (Å²) in [6, 6.07) is 10.2. The molecule has 0 aliphatic rings. The van der Waals surface area contributed by atoms with E-state index in [0.29, 0.717) is 12.5 Å². The summed E-state index contributed by atoms with van der Waals surface area (Å²) in [5.74, 6) is 2.42. The van der Waals surface area contributed by atoms with E-state index in [4.69, 9.17) is 9.15 Å². The Morgan fingerprint density at radius 3 is 2.57 bits per heavy atom. The van der Waals surface area contributed by atoms with Crippen LogP contribution in [0, 0.1) is 5.92 Å². The predicted molar refractivity (Wildman–Crippen MR) is 85.4 cm³/mol. The number of benzene rings is 1. The molecular formula is C18H25NO2. The van der Waals surface area contributed by atoms with E-state index in [9.17, 15) is 0 Å². The monoisotopic (exact) mass is 287 g/mol. The zero-order valence-corrected chi connectivity index (χ0v) is 13.2. The van der Waals surface area contributed by atoms with Gasteiger partial charge < -0.3 is 14.5 Å². The van der Waals surface area contributed by atoms with Crippen LogP contribution in [0.4, 0.5) is 0 Å². The second-order valence-electron chi connectivity index (χ2n) is 5.68. The molecule has 3 heteroatoms. The normalized spacial score (nSPS) is 11.0. The van der Waals surface area contributed by atoms with Gasteiger partial charge in [0.2, 0.25) is 0 Å². The molecular weight excluding hydrogens is 262 g/mol. The molecule has 2 rings (SSSR count). The fourth-order valence-electron chi connectivity index (χ4n) is 2.12. The molecule has 0 saturated carbocycles. The summed E-state index contributed by atoms with van der Waals surface area (Å²) in [6.45, 7) is 8.84. The van der Waals surface area contributed by atoms with Gasteiger partial charge in [-0.05, 0) is 42.6 Å². The highest BCUT2D eigenvalue weighted by Crippen LogP contribution is 2.17. The molecule has 21 heavy (non-hydrogen) atoms. The first-order chi connectivity index (χ1) is 10.2. The molecule has 114 valence electrons. The second-order valence-corrected chi connectivity index (χ2v) is 5.68. The first-order valence-corrected chi connectivity index (χ1v) is 7.66. The van der Waals surface area contributed by atoms with Crippen molar-refractivity contribution >= 4 is 0 Å². The predicted octanol–water partition coefficient (Wildman–Crippen LogP) is 4.17. The van der Waals surface area contributed by atoms with Gasteiger partial charge in [-0.1, -0.05) is 32.9 Å². The minimum atomic E-state index is 0.469. The topological polar surface area (TPSA) is 34.4 Å². The molecule has 0 aliphatic heterocycles. The van der Waals surface area contributed by atoms with Crippen LogP contribution in [0.3, 0.4) is 0 Å². The fraction of sp³-hybridized carbons (Fsp3) is 0.444. The van der Waals surface area contributed by atoms with Crippen molar-refractivity contribution in [3.8, 4) is 5.75 Å². The smallest absolute Gasteiger partial charge is 0.146 e. The van der Waals surface area contributed by atoms with E-state index in [-0.39, 0.29) is 0 Å². The number of hydrogen-bond acceptors (Lipinski definition) is 3. The van der Waals surface area contributed by atoms with E-state index in [1.54, 1.807) is 6.26 Å². The summed E-state index contributed by atoms with van der Waals surface area (Å²) < 4.78 is 11.3. The zero-order chi connectivity index (χ0) is 15.1. The van der Waals surface area contributed by atoms with Crippen LogP contribution >= 0.6 is 0 Å². The molecule has 0 radical (unpaired) electrons. The molecule has 2 aromatic rings. The van der Waals surface area contributed by atoms with Crippen LogP contribution in [0.25, 0.3) is 0 Å². The number of aryl methyl sites for hydroxylation is 1. The second kappa shape index (κ2) is 7.89. The van der Waals surface area contributed by atoms with Crippen LogP contribution < -0.4 is 10.1 Å². The van der Waals surface area contributed by atoms with Crippen LogP contribution in [0.2, 0.25) is 0 Å². The van der Waals surface area contributed by atoms with Crippen LogP contribution in [0.15, 0.2) is 41.0 Å². The minimum absolute atomic E-state index is 0.469. The van der Waals surface area contributed by atoms with Gasteiger partial charge in [-0.3, -0.25) is 0 Å². The first kappa shape index (κ1) is 15.6. The van der Waals surface area contributed by atoms with Gasteiger partial charge in [0.1, 0.15) is 18.1 Å². The Balaban J connectivity index is 1.86. The molecule has 1 aromatic carbocycles. The fourth-order valence-corrected chi connectivity index (χ4v) is 2.12. The van der Waals surface area contributed by atoms with Gasteiger partial charge in [-0.25, -0.2) is 0 Å². The average Bonchev–Trinajstić information content (AvgIpc) is 2.93. The SMILES string of the molecule is CCc1ccc(OCc2occc2CNCC(C)C)cc1. The summed E-state index contributed by atoms with van der Waals surface area (Å²) in [4.78, 5) is 0. The van der Waals surface area contributed by atoms with Crippen molar-refractivity contribution in [1.82, 2.24) is 5.32 Å². The Kier molecular flexibility index (Phi) is 5.88. The Bertz CT molecular complexity index is 528. The lowest BCUT2D eigenvalue weighted by Gasteiger charge is -2.09. The van der Waals surface area contributed by atoms with Gasteiger partial charge in [0.25, 0.3) is 0 Å². The average molecular weight is 287 g/mol. The Morgan fingerprint density at radius 2 is 1.90 bits per heavy atom. The molecule has 0 aliphatic carbocycles. The Morgan fingerprint density at radius 1 is 1.14 bits per heavy atom.